The number of rotatable bonds is 6. The van der Waals surface area contributed by atoms with E-state index in [4.69, 9.17) is 9.72 Å². The lowest BCUT2D eigenvalue weighted by Gasteiger charge is -2.34. The van der Waals surface area contributed by atoms with Crippen LogP contribution in [0.3, 0.4) is 0 Å². The molecule has 4 rings (SSSR count). The second-order valence-electron chi connectivity index (χ2n) is 8.17. The Kier molecular flexibility index (Phi) is 7.27. The largest absolute Gasteiger partial charge is 0.439 e. The van der Waals surface area contributed by atoms with E-state index >= 15 is 0 Å². The molecule has 3 aromatic rings. The molecule has 0 atom stereocenters. The zero-order valence-corrected chi connectivity index (χ0v) is 19.5. The maximum Gasteiger partial charge on any atom is 0.416 e. The van der Waals surface area contributed by atoms with Crippen LogP contribution in [0.4, 0.5) is 23.5 Å². The Balaban J connectivity index is 1.41. The van der Waals surface area contributed by atoms with Crippen LogP contribution in [-0.2, 0) is 6.18 Å². The average Bonchev–Trinajstić information content (AvgIpc) is 2.81. The zero-order valence-electron chi connectivity index (χ0n) is 18.7. The van der Waals surface area contributed by atoms with Gasteiger partial charge in [-0.1, -0.05) is 13.8 Å². The van der Waals surface area contributed by atoms with Gasteiger partial charge < -0.3 is 9.64 Å². The van der Waals surface area contributed by atoms with E-state index in [1.54, 1.807) is 18.2 Å². The molecule has 0 bridgehead atoms. The van der Waals surface area contributed by atoms with Crippen molar-refractivity contribution >= 4 is 17.9 Å². The summed E-state index contributed by atoms with van der Waals surface area (Å²) in [5.74, 6) is 1.25. The highest BCUT2D eigenvalue weighted by Crippen LogP contribution is 2.32. The molecule has 1 fully saturated rings. The molecule has 1 aliphatic rings. The van der Waals surface area contributed by atoms with E-state index in [1.807, 2.05) is 13.8 Å². The number of benzene rings is 2. The minimum absolute atomic E-state index is 0.161. The molecule has 1 aliphatic heterocycles. The lowest BCUT2D eigenvalue weighted by atomic mass is 10.1. The summed E-state index contributed by atoms with van der Waals surface area (Å²) in [6.07, 6.45) is -4.33. The summed E-state index contributed by atoms with van der Waals surface area (Å²) < 4.78 is 59.5. The highest BCUT2D eigenvalue weighted by molar-refractivity contribution is 7.97. The van der Waals surface area contributed by atoms with Crippen molar-refractivity contribution in [2.75, 3.05) is 31.1 Å². The summed E-state index contributed by atoms with van der Waals surface area (Å²) >= 11 is 1.44. The first-order valence-electron chi connectivity index (χ1n) is 10.8. The van der Waals surface area contributed by atoms with Crippen molar-refractivity contribution in [1.29, 1.82) is 0 Å². The van der Waals surface area contributed by atoms with Crippen LogP contribution in [-0.4, -0.2) is 40.5 Å². The Hall–Kier alpha value is -2.85. The standard InChI is InChI=1S/C24H24F4N4OS/c1-16(2)21-15-22(33-19-7-5-18(25)6-8-19)30-23(29-21)31-11-13-32(14-12-31)34-20-9-3-17(4-10-20)24(26,27)28/h3-10,15-16H,11-14H2,1-2H3. The molecule has 1 saturated heterocycles. The van der Waals surface area contributed by atoms with Crippen LogP contribution >= 0.6 is 11.9 Å². The summed E-state index contributed by atoms with van der Waals surface area (Å²) in [5, 5.41) is 0. The van der Waals surface area contributed by atoms with Crippen molar-refractivity contribution in [2.24, 2.45) is 0 Å². The monoisotopic (exact) mass is 492 g/mol. The van der Waals surface area contributed by atoms with Gasteiger partial charge in [-0.2, -0.15) is 18.2 Å². The molecule has 0 spiro atoms. The summed E-state index contributed by atoms with van der Waals surface area (Å²) in [6, 6.07) is 12.7. The molecule has 2 heterocycles. The summed E-state index contributed by atoms with van der Waals surface area (Å²) in [4.78, 5) is 12.1. The Morgan fingerprint density at radius 3 is 2.15 bits per heavy atom. The lowest BCUT2D eigenvalue weighted by Crippen LogP contribution is -2.44. The van der Waals surface area contributed by atoms with Crippen LogP contribution < -0.4 is 9.64 Å². The van der Waals surface area contributed by atoms with Gasteiger partial charge >= 0.3 is 6.18 Å². The average molecular weight is 493 g/mol. The first-order chi connectivity index (χ1) is 16.2. The fourth-order valence-corrected chi connectivity index (χ4v) is 4.28. The van der Waals surface area contributed by atoms with E-state index in [9.17, 15) is 17.6 Å². The molecule has 10 heteroatoms. The topological polar surface area (TPSA) is 41.5 Å². The Morgan fingerprint density at radius 2 is 1.56 bits per heavy atom. The SMILES string of the molecule is CC(C)c1cc(Oc2ccc(F)cc2)nc(N2CCN(Sc3ccc(C(F)(F)F)cc3)CC2)n1. The molecule has 1 aromatic heterocycles. The summed E-state index contributed by atoms with van der Waals surface area (Å²) in [7, 11) is 0. The Labute approximate surface area is 199 Å². The molecule has 180 valence electrons. The number of halogens is 4. The van der Waals surface area contributed by atoms with E-state index in [1.165, 1.54) is 36.2 Å². The molecule has 5 nitrogen and oxygen atoms in total. The highest BCUT2D eigenvalue weighted by Gasteiger charge is 2.30. The first kappa shape index (κ1) is 24.3. The molecule has 0 radical (unpaired) electrons. The number of nitrogens with zero attached hydrogens (tertiary/aromatic N) is 4. The van der Waals surface area contributed by atoms with Crippen molar-refractivity contribution in [3.63, 3.8) is 0 Å². The predicted molar refractivity (Wildman–Crippen MR) is 124 cm³/mol. The molecule has 0 N–H and O–H groups in total. The van der Waals surface area contributed by atoms with E-state index in [-0.39, 0.29) is 11.7 Å². The van der Waals surface area contributed by atoms with Crippen molar-refractivity contribution in [3.8, 4) is 11.6 Å². The van der Waals surface area contributed by atoms with Crippen LogP contribution in [0.25, 0.3) is 0 Å². The van der Waals surface area contributed by atoms with Gasteiger partial charge in [-0.3, -0.25) is 0 Å². The summed E-state index contributed by atoms with van der Waals surface area (Å²) in [5.41, 5.74) is 0.186. The molecular formula is C24H24F4N4OS. The molecule has 0 amide bonds. The second-order valence-corrected chi connectivity index (χ2v) is 9.34. The molecule has 0 aliphatic carbocycles. The van der Waals surface area contributed by atoms with Gasteiger partial charge in [-0.25, -0.2) is 13.7 Å². The van der Waals surface area contributed by atoms with Gasteiger partial charge in [0.25, 0.3) is 0 Å². The number of alkyl halides is 3. The van der Waals surface area contributed by atoms with Gasteiger partial charge in [0.1, 0.15) is 11.6 Å². The van der Waals surface area contributed by atoms with Gasteiger partial charge in [0, 0.05) is 37.1 Å². The lowest BCUT2D eigenvalue weighted by molar-refractivity contribution is -0.137. The zero-order chi connectivity index (χ0) is 24.3. The van der Waals surface area contributed by atoms with Gasteiger partial charge in [0.15, 0.2) is 0 Å². The molecular weight excluding hydrogens is 468 g/mol. The number of aromatic nitrogens is 2. The van der Waals surface area contributed by atoms with Gasteiger partial charge in [-0.05, 0) is 66.4 Å². The minimum atomic E-state index is -4.33. The maximum absolute atomic E-state index is 13.2. The smallest absolute Gasteiger partial charge is 0.416 e. The fraction of sp³-hybridized carbons (Fsp3) is 0.333. The minimum Gasteiger partial charge on any atom is -0.439 e. The third kappa shape index (κ3) is 6.18. The third-order valence-electron chi connectivity index (χ3n) is 5.28. The van der Waals surface area contributed by atoms with Crippen molar-refractivity contribution in [2.45, 2.75) is 30.8 Å². The maximum atomic E-state index is 13.2. The Morgan fingerprint density at radius 1 is 0.912 bits per heavy atom. The first-order valence-corrected chi connectivity index (χ1v) is 11.6. The molecule has 0 saturated carbocycles. The van der Waals surface area contributed by atoms with Crippen molar-refractivity contribution < 1.29 is 22.3 Å². The normalized spacial score (nSPS) is 15.1. The van der Waals surface area contributed by atoms with E-state index < -0.39 is 11.7 Å². The highest BCUT2D eigenvalue weighted by atomic mass is 32.2. The van der Waals surface area contributed by atoms with Crippen LogP contribution in [0.2, 0.25) is 0 Å². The fourth-order valence-electron chi connectivity index (χ4n) is 3.38. The van der Waals surface area contributed by atoms with E-state index in [0.717, 1.165) is 22.7 Å². The third-order valence-corrected chi connectivity index (χ3v) is 6.38. The number of hydrogen-bond acceptors (Lipinski definition) is 6. The number of hydrogen-bond donors (Lipinski definition) is 0. The van der Waals surface area contributed by atoms with Gasteiger partial charge in [0.2, 0.25) is 11.8 Å². The van der Waals surface area contributed by atoms with Gasteiger partial charge in [0.05, 0.1) is 11.3 Å². The number of piperazine rings is 1. The van der Waals surface area contributed by atoms with E-state index in [0.29, 0.717) is 43.8 Å². The van der Waals surface area contributed by atoms with E-state index in [2.05, 4.69) is 14.2 Å². The molecule has 2 aromatic carbocycles. The van der Waals surface area contributed by atoms with Crippen LogP contribution in [0.15, 0.2) is 59.5 Å². The van der Waals surface area contributed by atoms with Crippen LogP contribution in [0.5, 0.6) is 11.6 Å². The van der Waals surface area contributed by atoms with Gasteiger partial charge in [-0.15, -0.1) is 0 Å². The molecule has 34 heavy (non-hydrogen) atoms. The number of ether oxygens (including phenoxy) is 1. The second kappa shape index (κ2) is 10.2. The van der Waals surface area contributed by atoms with Crippen molar-refractivity contribution in [1.82, 2.24) is 14.3 Å². The molecule has 0 unspecified atom stereocenters. The number of anilines is 1. The Bertz CT molecular complexity index is 1100. The van der Waals surface area contributed by atoms with Crippen LogP contribution in [0, 0.1) is 5.82 Å². The van der Waals surface area contributed by atoms with Crippen molar-refractivity contribution in [3.05, 3.63) is 71.7 Å². The predicted octanol–water partition coefficient (Wildman–Crippen LogP) is 6.38. The summed E-state index contributed by atoms with van der Waals surface area (Å²) in [6.45, 7) is 6.76. The van der Waals surface area contributed by atoms with Crippen LogP contribution in [0.1, 0.15) is 31.0 Å². The quantitative estimate of drug-likeness (QED) is 0.294.